The van der Waals surface area contributed by atoms with Gasteiger partial charge in [0.05, 0.1) is 17.9 Å². The number of likely N-dealkylation sites (tertiary alicyclic amines) is 1. The van der Waals surface area contributed by atoms with Gasteiger partial charge in [-0.25, -0.2) is 0 Å². The van der Waals surface area contributed by atoms with E-state index in [2.05, 4.69) is 17.3 Å². The fourth-order valence-electron chi connectivity index (χ4n) is 7.00. The van der Waals surface area contributed by atoms with Crippen LogP contribution in [0, 0.1) is 5.41 Å². The third-order valence-electron chi connectivity index (χ3n) is 9.39. The van der Waals surface area contributed by atoms with Gasteiger partial charge in [-0.15, -0.1) is 0 Å². The zero-order chi connectivity index (χ0) is 27.6. The molecule has 4 aliphatic rings. The number of rotatable bonds is 6. The normalized spacial score (nSPS) is 24.0. The Hall–Kier alpha value is -4.01. The van der Waals surface area contributed by atoms with Crippen LogP contribution in [0.3, 0.4) is 0 Å². The highest BCUT2D eigenvalue weighted by atomic mass is 16.2. The van der Waals surface area contributed by atoms with E-state index in [1.807, 2.05) is 46.2 Å². The molecule has 3 fully saturated rings. The minimum atomic E-state index is -0.699. The number of hydrogen-bond donors (Lipinski definition) is 1. The summed E-state index contributed by atoms with van der Waals surface area (Å²) in [4.78, 5) is 54.2. The molecule has 2 unspecified atom stereocenters. The lowest BCUT2D eigenvalue weighted by atomic mass is 9.70. The van der Waals surface area contributed by atoms with E-state index in [1.54, 1.807) is 11.0 Å². The van der Waals surface area contributed by atoms with Crippen LogP contribution in [0.25, 0.3) is 10.8 Å². The summed E-state index contributed by atoms with van der Waals surface area (Å²) in [5.41, 5.74) is 3.70. The van der Waals surface area contributed by atoms with E-state index in [4.69, 9.17) is 0 Å². The maximum Gasteiger partial charge on any atom is 0.259 e. The Morgan fingerprint density at radius 2 is 1.93 bits per heavy atom. The Morgan fingerprint density at radius 3 is 2.67 bits per heavy atom. The number of nitrogens with one attached hydrogen (secondary N) is 1. The quantitative estimate of drug-likeness (QED) is 0.481. The van der Waals surface area contributed by atoms with Gasteiger partial charge in [-0.1, -0.05) is 31.5 Å². The first-order valence-electron chi connectivity index (χ1n) is 14.3. The Balaban J connectivity index is 1.10. The first-order chi connectivity index (χ1) is 19.3. The second-order valence-corrected chi connectivity index (χ2v) is 12.2. The van der Waals surface area contributed by atoms with Crippen LogP contribution in [0.4, 0.5) is 5.69 Å². The van der Waals surface area contributed by atoms with Crippen LogP contribution in [-0.4, -0.2) is 57.4 Å². The first kappa shape index (κ1) is 25.0. The lowest BCUT2D eigenvalue weighted by Gasteiger charge is -2.44. The molecule has 2 atom stereocenters. The summed E-state index contributed by atoms with van der Waals surface area (Å²) in [6, 6.07) is 8.99. The zero-order valence-corrected chi connectivity index (χ0v) is 22.7. The van der Waals surface area contributed by atoms with E-state index in [-0.39, 0.29) is 30.2 Å². The van der Waals surface area contributed by atoms with Gasteiger partial charge < -0.3 is 4.90 Å². The molecule has 4 amide bonds. The molecule has 1 aliphatic carbocycles. The van der Waals surface area contributed by atoms with Gasteiger partial charge in [0.15, 0.2) is 0 Å². The second kappa shape index (κ2) is 9.28. The molecular formula is C31H33N5O4. The first-order valence-corrected chi connectivity index (χ1v) is 14.3. The highest BCUT2D eigenvalue weighted by molar-refractivity contribution is 6.27. The smallest absolute Gasteiger partial charge is 0.259 e. The molecule has 3 aromatic rings. The summed E-state index contributed by atoms with van der Waals surface area (Å²) < 4.78 is 1.95. The fourth-order valence-corrected chi connectivity index (χ4v) is 7.00. The van der Waals surface area contributed by atoms with Crippen LogP contribution in [0.15, 0.2) is 42.7 Å². The van der Waals surface area contributed by atoms with Crippen molar-refractivity contribution in [1.29, 1.82) is 0 Å². The summed E-state index contributed by atoms with van der Waals surface area (Å²) in [5.74, 6) is -0.713. The van der Waals surface area contributed by atoms with Gasteiger partial charge in [0.25, 0.3) is 5.91 Å². The van der Waals surface area contributed by atoms with Crippen LogP contribution in [-0.2, 0) is 20.8 Å². The van der Waals surface area contributed by atoms with Crippen molar-refractivity contribution < 1.29 is 19.2 Å². The van der Waals surface area contributed by atoms with E-state index in [0.29, 0.717) is 35.9 Å². The van der Waals surface area contributed by atoms with Gasteiger partial charge in [0, 0.05) is 49.5 Å². The summed E-state index contributed by atoms with van der Waals surface area (Å²) in [6.45, 7) is 3.94. The van der Waals surface area contributed by atoms with Gasteiger partial charge in [-0.2, -0.15) is 5.10 Å². The summed E-state index contributed by atoms with van der Waals surface area (Å²) in [6.07, 6.45) is 10.2. The van der Waals surface area contributed by atoms with Gasteiger partial charge in [0.1, 0.15) is 6.04 Å². The van der Waals surface area contributed by atoms with Gasteiger partial charge in [-0.05, 0) is 59.7 Å². The molecular weight excluding hydrogens is 506 g/mol. The molecule has 206 valence electrons. The van der Waals surface area contributed by atoms with Gasteiger partial charge in [0.2, 0.25) is 17.7 Å². The highest BCUT2D eigenvalue weighted by Crippen LogP contribution is 2.43. The van der Waals surface area contributed by atoms with Gasteiger partial charge >= 0.3 is 0 Å². The molecule has 2 saturated heterocycles. The van der Waals surface area contributed by atoms with E-state index in [0.717, 1.165) is 41.4 Å². The molecule has 1 N–H and O–H groups in total. The van der Waals surface area contributed by atoms with Crippen molar-refractivity contribution in [3.05, 3.63) is 59.4 Å². The number of carbonyl (C=O) groups excluding carboxylic acids is 4. The monoisotopic (exact) mass is 539 g/mol. The Bertz CT molecular complexity index is 1570. The zero-order valence-electron chi connectivity index (χ0n) is 22.7. The van der Waals surface area contributed by atoms with Crippen molar-refractivity contribution in [2.45, 2.75) is 70.4 Å². The minimum Gasteiger partial charge on any atom is -0.342 e. The van der Waals surface area contributed by atoms with Crippen molar-refractivity contribution in [2.75, 3.05) is 18.0 Å². The SMILES string of the molecule is CC1(CN2CCC(n3cc(Cc4ccc5c6c(cccc46)C(=O)N5C4CCC(=O)NC4=O)cn3)CC2=O)CCC1. The average molecular weight is 540 g/mol. The Kier molecular flexibility index (Phi) is 5.80. The average Bonchev–Trinajstić information content (AvgIpc) is 3.50. The predicted molar refractivity (Wildman–Crippen MR) is 149 cm³/mol. The van der Waals surface area contributed by atoms with Crippen molar-refractivity contribution in [1.82, 2.24) is 20.0 Å². The Labute approximate surface area is 232 Å². The number of piperidine rings is 2. The Morgan fingerprint density at radius 1 is 1.07 bits per heavy atom. The summed E-state index contributed by atoms with van der Waals surface area (Å²) in [5, 5.41) is 8.83. The van der Waals surface area contributed by atoms with Crippen LogP contribution in [0.5, 0.6) is 0 Å². The molecule has 40 heavy (non-hydrogen) atoms. The molecule has 0 spiro atoms. The number of amides is 4. The third-order valence-corrected chi connectivity index (χ3v) is 9.39. The molecule has 1 saturated carbocycles. The van der Waals surface area contributed by atoms with Crippen LogP contribution >= 0.6 is 0 Å². The molecule has 1 aromatic heterocycles. The molecule has 7 rings (SSSR count). The number of imide groups is 1. The number of benzene rings is 2. The third kappa shape index (κ3) is 4.10. The number of nitrogens with zero attached hydrogens (tertiary/aromatic N) is 4. The van der Waals surface area contributed by atoms with Gasteiger partial charge in [-0.3, -0.25) is 34.1 Å². The second-order valence-electron chi connectivity index (χ2n) is 12.2. The van der Waals surface area contributed by atoms with Crippen molar-refractivity contribution in [2.24, 2.45) is 5.41 Å². The van der Waals surface area contributed by atoms with E-state index >= 15 is 0 Å². The molecule has 2 aromatic carbocycles. The number of hydrogen-bond acceptors (Lipinski definition) is 5. The van der Waals surface area contributed by atoms with Crippen LogP contribution in [0.1, 0.15) is 79.4 Å². The molecule has 4 heterocycles. The number of carbonyl (C=O) groups is 4. The minimum absolute atomic E-state index is 0.0687. The topological polar surface area (TPSA) is 105 Å². The maximum absolute atomic E-state index is 13.4. The van der Waals surface area contributed by atoms with E-state index in [9.17, 15) is 19.2 Å². The van der Waals surface area contributed by atoms with Crippen molar-refractivity contribution in [3.8, 4) is 0 Å². The molecule has 9 nitrogen and oxygen atoms in total. The van der Waals surface area contributed by atoms with Crippen LogP contribution in [0.2, 0.25) is 0 Å². The van der Waals surface area contributed by atoms with Crippen molar-refractivity contribution >= 4 is 40.1 Å². The summed E-state index contributed by atoms with van der Waals surface area (Å²) in [7, 11) is 0. The van der Waals surface area contributed by atoms with Crippen molar-refractivity contribution in [3.63, 3.8) is 0 Å². The molecule has 9 heteroatoms. The molecule has 0 radical (unpaired) electrons. The fraction of sp³-hybridized carbons (Fsp3) is 0.452. The number of anilines is 1. The predicted octanol–water partition coefficient (Wildman–Crippen LogP) is 3.75. The number of aromatic nitrogens is 2. The molecule has 0 bridgehead atoms. The van der Waals surface area contributed by atoms with E-state index in [1.165, 1.54) is 19.3 Å². The molecule has 3 aliphatic heterocycles. The maximum atomic E-state index is 13.4. The van der Waals surface area contributed by atoms with E-state index < -0.39 is 11.9 Å². The lowest BCUT2D eigenvalue weighted by Crippen LogP contribution is -2.53. The highest BCUT2D eigenvalue weighted by Gasteiger charge is 2.41. The summed E-state index contributed by atoms with van der Waals surface area (Å²) >= 11 is 0. The standard InChI is InChI=1S/C31H33N5O4/c1-31(11-3-12-31)18-34-13-10-21(15-27(34)38)35-17-19(16-32-35)14-20-6-7-24-28-22(20)4-2-5-23(28)30(40)36(24)25-8-9-26(37)33-29(25)39/h2,4-7,16-17,21,25H,3,8-15,18H2,1H3,(H,33,37,39). The largest absolute Gasteiger partial charge is 0.342 e. The lowest BCUT2D eigenvalue weighted by molar-refractivity contribution is -0.137. The van der Waals surface area contributed by atoms with Crippen LogP contribution < -0.4 is 10.2 Å².